The first-order chi connectivity index (χ1) is 12.3. The lowest BCUT2D eigenvalue weighted by Crippen LogP contribution is -2.50. The van der Waals surface area contributed by atoms with E-state index in [9.17, 15) is 0 Å². The fourth-order valence-corrected chi connectivity index (χ4v) is 2.70. The number of pyridine rings is 1. The van der Waals surface area contributed by atoms with Gasteiger partial charge in [-0.2, -0.15) is 0 Å². The van der Waals surface area contributed by atoms with E-state index in [1.807, 2.05) is 6.07 Å². The molecule has 25 heavy (non-hydrogen) atoms. The highest BCUT2D eigenvalue weighted by Gasteiger charge is 2.23. The van der Waals surface area contributed by atoms with Crippen molar-refractivity contribution in [2.24, 2.45) is 0 Å². The molecule has 3 heterocycles. The monoisotopic (exact) mass is 345 g/mol. The fourth-order valence-electron chi connectivity index (χ4n) is 2.70. The zero-order valence-electron chi connectivity index (χ0n) is 14.5. The fraction of sp³-hybridized carbons (Fsp3) is 0.471. The maximum absolute atomic E-state index is 5.81. The molecule has 0 unspecified atom stereocenters. The van der Waals surface area contributed by atoms with Gasteiger partial charge in [0.05, 0.1) is 7.11 Å². The van der Waals surface area contributed by atoms with Crippen LogP contribution in [0.4, 0.5) is 5.82 Å². The van der Waals surface area contributed by atoms with E-state index in [2.05, 4.69) is 32.1 Å². The third-order valence-corrected chi connectivity index (χ3v) is 3.93. The van der Waals surface area contributed by atoms with E-state index in [0.29, 0.717) is 36.8 Å². The molecule has 1 N–H and O–H groups in total. The molecule has 3 rings (SSSR count). The summed E-state index contributed by atoms with van der Waals surface area (Å²) in [5, 5.41) is 3.37. The number of ether oxygens (including phenoxy) is 3. The highest BCUT2D eigenvalue weighted by Crippen LogP contribution is 2.25. The van der Waals surface area contributed by atoms with Crippen LogP contribution in [0.25, 0.3) is 0 Å². The first-order valence-corrected chi connectivity index (χ1v) is 8.32. The Labute approximate surface area is 147 Å². The van der Waals surface area contributed by atoms with E-state index in [-0.39, 0.29) is 0 Å². The smallest absolute Gasteiger partial charge is 0.257 e. The lowest BCUT2D eigenvalue weighted by atomic mass is 10.2. The zero-order chi connectivity index (χ0) is 17.5. The maximum Gasteiger partial charge on any atom is 0.257 e. The van der Waals surface area contributed by atoms with Gasteiger partial charge >= 0.3 is 0 Å². The molecule has 1 atom stereocenters. The van der Waals surface area contributed by atoms with E-state index < -0.39 is 0 Å². The van der Waals surface area contributed by atoms with Gasteiger partial charge in [-0.05, 0) is 19.1 Å². The van der Waals surface area contributed by atoms with Gasteiger partial charge in [0, 0.05) is 44.3 Å². The molecule has 0 aliphatic carbocycles. The molecule has 0 amide bonds. The van der Waals surface area contributed by atoms with Crippen molar-refractivity contribution in [2.75, 3.05) is 44.9 Å². The van der Waals surface area contributed by atoms with Gasteiger partial charge in [-0.25, -0.2) is 15.0 Å². The predicted molar refractivity (Wildman–Crippen MR) is 93.5 cm³/mol. The van der Waals surface area contributed by atoms with Gasteiger partial charge in [-0.1, -0.05) is 0 Å². The lowest BCUT2D eigenvalue weighted by molar-refractivity contribution is 0.204. The minimum Gasteiger partial charge on any atom is -0.484 e. The summed E-state index contributed by atoms with van der Waals surface area (Å²) in [5.74, 6) is 2.34. The van der Waals surface area contributed by atoms with Gasteiger partial charge in [-0.3, -0.25) is 0 Å². The SMILES string of the molecule is COc1ncccc1OCCOc1nccnc1N1CCNC[C@H]1C. The number of nitrogens with zero attached hydrogens (tertiary/aromatic N) is 4. The number of rotatable bonds is 7. The van der Waals surface area contributed by atoms with Crippen LogP contribution in [0, 0.1) is 0 Å². The van der Waals surface area contributed by atoms with Gasteiger partial charge in [0.15, 0.2) is 11.6 Å². The Morgan fingerprint density at radius 2 is 1.92 bits per heavy atom. The molecule has 0 spiro atoms. The molecule has 1 aliphatic heterocycles. The molecule has 8 heteroatoms. The van der Waals surface area contributed by atoms with Crippen molar-refractivity contribution in [1.29, 1.82) is 0 Å². The average Bonchev–Trinajstić information content (AvgIpc) is 2.66. The second kappa shape index (κ2) is 8.48. The van der Waals surface area contributed by atoms with E-state index >= 15 is 0 Å². The van der Waals surface area contributed by atoms with Crippen molar-refractivity contribution in [2.45, 2.75) is 13.0 Å². The van der Waals surface area contributed by atoms with Gasteiger partial charge in [0.25, 0.3) is 11.8 Å². The van der Waals surface area contributed by atoms with Crippen molar-refractivity contribution in [3.8, 4) is 17.5 Å². The van der Waals surface area contributed by atoms with Crippen molar-refractivity contribution < 1.29 is 14.2 Å². The summed E-state index contributed by atoms with van der Waals surface area (Å²) in [7, 11) is 1.56. The molecule has 134 valence electrons. The number of anilines is 1. The van der Waals surface area contributed by atoms with Crippen LogP contribution in [0.2, 0.25) is 0 Å². The molecule has 0 aromatic carbocycles. The minimum absolute atomic E-state index is 0.337. The van der Waals surface area contributed by atoms with E-state index in [0.717, 1.165) is 25.5 Å². The van der Waals surface area contributed by atoms with Gasteiger partial charge < -0.3 is 24.4 Å². The van der Waals surface area contributed by atoms with E-state index in [4.69, 9.17) is 14.2 Å². The summed E-state index contributed by atoms with van der Waals surface area (Å²) in [6.07, 6.45) is 4.98. The van der Waals surface area contributed by atoms with Crippen LogP contribution in [-0.2, 0) is 0 Å². The largest absolute Gasteiger partial charge is 0.484 e. The zero-order valence-corrected chi connectivity index (χ0v) is 14.5. The Morgan fingerprint density at radius 3 is 2.76 bits per heavy atom. The topological polar surface area (TPSA) is 81.6 Å². The van der Waals surface area contributed by atoms with Crippen molar-refractivity contribution in [3.63, 3.8) is 0 Å². The maximum atomic E-state index is 5.81. The van der Waals surface area contributed by atoms with Crippen LogP contribution in [-0.4, -0.2) is 61.0 Å². The second-order valence-corrected chi connectivity index (χ2v) is 5.64. The standard InChI is InChI=1S/C17H23N5O3/c1-13-12-18-8-9-22(13)15-17(21-7-6-19-15)25-11-10-24-14-4-3-5-20-16(14)23-2/h3-7,13,18H,8-12H2,1-2H3/t13-/m1/s1. The number of methoxy groups -OCH3 is 1. The van der Waals surface area contributed by atoms with Crippen molar-refractivity contribution in [1.82, 2.24) is 20.3 Å². The van der Waals surface area contributed by atoms with Crippen LogP contribution in [0.1, 0.15) is 6.92 Å². The first kappa shape index (κ1) is 17.2. The molecule has 1 saturated heterocycles. The molecular formula is C17H23N5O3. The highest BCUT2D eigenvalue weighted by atomic mass is 16.5. The third-order valence-electron chi connectivity index (χ3n) is 3.93. The Kier molecular flexibility index (Phi) is 5.84. The Bertz CT molecular complexity index is 685. The molecule has 0 radical (unpaired) electrons. The molecule has 0 bridgehead atoms. The second-order valence-electron chi connectivity index (χ2n) is 5.64. The summed E-state index contributed by atoms with van der Waals surface area (Å²) in [6.45, 7) is 5.57. The van der Waals surface area contributed by atoms with Gasteiger partial charge in [0.2, 0.25) is 0 Å². The molecule has 0 saturated carbocycles. The minimum atomic E-state index is 0.337. The number of piperazine rings is 1. The molecule has 2 aromatic rings. The van der Waals surface area contributed by atoms with Crippen molar-refractivity contribution >= 4 is 5.82 Å². The van der Waals surface area contributed by atoms with Gasteiger partial charge in [-0.15, -0.1) is 0 Å². The lowest BCUT2D eigenvalue weighted by Gasteiger charge is -2.35. The molecule has 2 aromatic heterocycles. The van der Waals surface area contributed by atoms with Crippen LogP contribution in [0.5, 0.6) is 17.5 Å². The van der Waals surface area contributed by atoms with Crippen molar-refractivity contribution in [3.05, 3.63) is 30.7 Å². The predicted octanol–water partition coefficient (Wildman–Crippen LogP) is 1.14. The van der Waals surface area contributed by atoms with Crippen LogP contribution < -0.4 is 24.4 Å². The highest BCUT2D eigenvalue weighted by molar-refractivity contribution is 5.49. The summed E-state index contributed by atoms with van der Waals surface area (Å²) < 4.78 is 16.6. The van der Waals surface area contributed by atoms with E-state index in [1.54, 1.807) is 31.8 Å². The molecule has 8 nitrogen and oxygen atoms in total. The normalized spacial score (nSPS) is 17.2. The van der Waals surface area contributed by atoms with Crippen LogP contribution in [0.3, 0.4) is 0 Å². The molecular weight excluding hydrogens is 322 g/mol. The Balaban J connectivity index is 1.58. The Morgan fingerprint density at radius 1 is 1.12 bits per heavy atom. The quantitative estimate of drug-likeness (QED) is 0.748. The third kappa shape index (κ3) is 4.27. The van der Waals surface area contributed by atoms with Crippen LogP contribution in [0.15, 0.2) is 30.7 Å². The Hall–Kier alpha value is -2.61. The van der Waals surface area contributed by atoms with Gasteiger partial charge in [0.1, 0.15) is 13.2 Å². The summed E-state index contributed by atoms with van der Waals surface area (Å²) in [5.41, 5.74) is 0. The number of hydrogen-bond acceptors (Lipinski definition) is 8. The average molecular weight is 345 g/mol. The van der Waals surface area contributed by atoms with Crippen LogP contribution >= 0.6 is 0 Å². The first-order valence-electron chi connectivity index (χ1n) is 8.32. The molecule has 1 fully saturated rings. The number of hydrogen-bond donors (Lipinski definition) is 1. The molecule has 1 aliphatic rings. The summed E-state index contributed by atoms with van der Waals surface area (Å²) in [4.78, 5) is 15.1. The summed E-state index contributed by atoms with van der Waals surface area (Å²) >= 11 is 0. The van der Waals surface area contributed by atoms with E-state index in [1.165, 1.54) is 0 Å². The summed E-state index contributed by atoms with van der Waals surface area (Å²) in [6, 6.07) is 3.94. The number of aromatic nitrogens is 3. The number of nitrogens with one attached hydrogen (secondary N) is 1.